The normalized spacial score (nSPS) is 10.3. The molecule has 0 atom stereocenters. The number of carbonyl (C=O) groups is 5. The van der Waals surface area contributed by atoms with Gasteiger partial charge in [-0.25, -0.2) is 24.0 Å². The zero-order chi connectivity index (χ0) is 27.0. The lowest BCUT2D eigenvalue weighted by Gasteiger charge is -2.22. The Labute approximate surface area is 215 Å². The summed E-state index contributed by atoms with van der Waals surface area (Å²) >= 11 is 3.31. The lowest BCUT2D eigenvalue weighted by Crippen LogP contribution is -2.27. The van der Waals surface area contributed by atoms with Crippen LogP contribution in [0.3, 0.4) is 0 Å². The summed E-state index contributed by atoms with van der Waals surface area (Å²) in [5.41, 5.74) is -2.82. The molecule has 0 aliphatic heterocycles. The fraction of sp³-hybridized carbons (Fsp3) is 0.320. The minimum absolute atomic E-state index is 0.00437. The third kappa shape index (κ3) is 5.73. The number of carbonyl (C=O) groups excluding carboxylic acids is 5. The van der Waals surface area contributed by atoms with Crippen LogP contribution in [0.1, 0.15) is 71.6 Å². The van der Waals surface area contributed by atoms with Crippen LogP contribution in [0.2, 0.25) is 0 Å². The molecule has 2 rings (SSSR count). The number of ether oxygens (including phenoxy) is 5. The SMILES string of the molecule is CCCCOC(=O)c1c(C(=O)OC)c(C(=O)OC)c(C(=O)OC)c(C(=O)OC)c1-c1ccc(Br)cc1. The molecule has 0 saturated heterocycles. The Morgan fingerprint density at radius 3 is 1.44 bits per heavy atom. The van der Waals surface area contributed by atoms with Gasteiger partial charge in [0.2, 0.25) is 0 Å². The summed E-state index contributed by atoms with van der Waals surface area (Å²) in [5.74, 6) is -5.57. The Bertz CT molecular complexity index is 1180. The average molecular weight is 565 g/mol. The Balaban J connectivity index is 3.28. The van der Waals surface area contributed by atoms with E-state index in [1.54, 1.807) is 12.1 Å². The highest BCUT2D eigenvalue weighted by Crippen LogP contribution is 2.38. The minimum atomic E-state index is -1.19. The van der Waals surface area contributed by atoms with E-state index in [1.807, 2.05) is 6.92 Å². The second-order valence-corrected chi connectivity index (χ2v) is 8.13. The molecule has 2 aromatic carbocycles. The fourth-order valence-corrected chi connectivity index (χ4v) is 3.73. The quantitative estimate of drug-likeness (QED) is 0.247. The van der Waals surface area contributed by atoms with Crippen molar-refractivity contribution in [3.63, 3.8) is 0 Å². The van der Waals surface area contributed by atoms with E-state index in [-0.39, 0.29) is 17.7 Å². The summed E-state index contributed by atoms with van der Waals surface area (Å²) in [7, 11) is 4.11. The lowest BCUT2D eigenvalue weighted by atomic mass is 9.83. The smallest absolute Gasteiger partial charge is 0.339 e. The summed E-state index contributed by atoms with van der Waals surface area (Å²) < 4.78 is 25.5. The van der Waals surface area contributed by atoms with E-state index in [2.05, 4.69) is 15.9 Å². The number of halogens is 1. The molecule has 10 nitrogen and oxygen atoms in total. The van der Waals surface area contributed by atoms with Gasteiger partial charge in [0, 0.05) is 10.0 Å². The van der Waals surface area contributed by atoms with Crippen LogP contribution in [-0.2, 0) is 23.7 Å². The molecule has 0 aliphatic rings. The van der Waals surface area contributed by atoms with Gasteiger partial charge in [0.25, 0.3) is 0 Å². The number of rotatable bonds is 9. The van der Waals surface area contributed by atoms with E-state index in [4.69, 9.17) is 23.7 Å². The third-order valence-corrected chi connectivity index (χ3v) is 5.65. The highest BCUT2D eigenvalue weighted by atomic mass is 79.9. The van der Waals surface area contributed by atoms with E-state index >= 15 is 0 Å². The second-order valence-electron chi connectivity index (χ2n) is 7.21. The molecule has 36 heavy (non-hydrogen) atoms. The molecule has 0 fully saturated rings. The van der Waals surface area contributed by atoms with Crippen LogP contribution in [0.5, 0.6) is 0 Å². The van der Waals surface area contributed by atoms with Gasteiger partial charge in [-0.2, -0.15) is 0 Å². The summed E-state index contributed by atoms with van der Waals surface area (Å²) in [6, 6.07) is 6.31. The predicted molar refractivity (Wildman–Crippen MR) is 130 cm³/mol. The second kappa shape index (κ2) is 12.8. The first-order valence-corrected chi connectivity index (χ1v) is 11.5. The van der Waals surface area contributed by atoms with Crippen molar-refractivity contribution in [1.82, 2.24) is 0 Å². The zero-order valence-electron chi connectivity index (χ0n) is 20.4. The topological polar surface area (TPSA) is 132 Å². The highest BCUT2D eigenvalue weighted by Gasteiger charge is 2.40. The monoisotopic (exact) mass is 564 g/mol. The van der Waals surface area contributed by atoms with Crippen molar-refractivity contribution in [1.29, 1.82) is 0 Å². The average Bonchev–Trinajstić information content (AvgIpc) is 2.90. The minimum Gasteiger partial charge on any atom is -0.465 e. The Hall–Kier alpha value is -3.73. The largest absolute Gasteiger partial charge is 0.465 e. The first-order chi connectivity index (χ1) is 17.2. The molecule has 0 aliphatic carbocycles. The van der Waals surface area contributed by atoms with Crippen molar-refractivity contribution in [2.45, 2.75) is 19.8 Å². The molecule has 0 spiro atoms. The van der Waals surface area contributed by atoms with Crippen LogP contribution in [0, 0.1) is 0 Å². The van der Waals surface area contributed by atoms with Crippen molar-refractivity contribution in [3.05, 3.63) is 56.6 Å². The molecule has 0 heterocycles. The number of hydrogen-bond donors (Lipinski definition) is 0. The molecule has 0 radical (unpaired) electrons. The molecule has 0 saturated carbocycles. The van der Waals surface area contributed by atoms with Gasteiger partial charge in [-0.3, -0.25) is 0 Å². The first-order valence-electron chi connectivity index (χ1n) is 10.7. The van der Waals surface area contributed by atoms with E-state index in [9.17, 15) is 24.0 Å². The summed E-state index contributed by atoms with van der Waals surface area (Å²) in [6.07, 6.45) is 1.22. The van der Waals surface area contributed by atoms with Crippen molar-refractivity contribution >= 4 is 45.8 Å². The van der Waals surface area contributed by atoms with Crippen LogP contribution in [0.25, 0.3) is 11.1 Å². The molecule has 2 aromatic rings. The number of benzene rings is 2. The van der Waals surface area contributed by atoms with Crippen LogP contribution in [0.4, 0.5) is 0 Å². The highest BCUT2D eigenvalue weighted by molar-refractivity contribution is 9.10. The zero-order valence-corrected chi connectivity index (χ0v) is 22.0. The molecule has 0 aromatic heterocycles. The number of methoxy groups -OCH3 is 4. The standard InChI is InChI=1S/C25H25BrO10/c1-6-7-12-36-25(31)17-15(13-8-10-14(26)11-9-13)16(21(27)32-2)18(22(28)33-3)20(24(30)35-5)19(17)23(29)34-4/h8-11H,6-7,12H2,1-5H3. The molecule has 192 valence electrons. The van der Waals surface area contributed by atoms with Crippen molar-refractivity contribution in [2.75, 3.05) is 35.0 Å². The van der Waals surface area contributed by atoms with Crippen LogP contribution >= 0.6 is 15.9 Å². The van der Waals surface area contributed by atoms with E-state index in [0.29, 0.717) is 17.3 Å². The van der Waals surface area contributed by atoms with Crippen LogP contribution in [0.15, 0.2) is 28.7 Å². The van der Waals surface area contributed by atoms with E-state index < -0.39 is 57.7 Å². The van der Waals surface area contributed by atoms with Crippen molar-refractivity contribution < 1.29 is 47.7 Å². The van der Waals surface area contributed by atoms with Crippen LogP contribution < -0.4 is 0 Å². The van der Waals surface area contributed by atoms with Gasteiger partial charge in [0.05, 0.1) is 62.9 Å². The van der Waals surface area contributed by atoms with Gasteiger partial charge in [0.1, 0.15) is 0 Å². The summed E-state index contributed by atoms with van der Waals surface area (Å²) in [4.78, 5) is 65.5. The Morgan fingerprint density at radius 2 is 1.03 bits per heavy atom. The van der Waals surface area contributed by atoms with Gasteiger partial charge < -0.3 is 23.7 Å². The molecule has 0 unspecified atom stereocenters. The van der Waals surface area contributed by atoms with Gasteiger partial charge >= 0.3 is 29.8 Å². The van der Waals surface area contributed by atoms with Gasteiger partial charge in [-0.05, 0) is 24.1 Å². The third-order valence-electron chi connectivity index (χ3n) is 5.13. The maximum atomic E-state index is 13.4. The Kier molecular flexibility index (Phi) is 10.2. The summed E-state index contributed by atoms with van der Waals surface area (Å²) in [5, 5.41) is 0. The van der Waals surface area contributed by atoms with Crippen LogP contribution in [-0.4, -0.2) is 64.9 Å². The van der Waals surface area contributed by atoms with Crippen molar-refractivity contribution in [3.8, 4) is 11.1 Å². The number of unbranched alkanes of at least 4 members (excludes halogenated alkanes) is 1. The lowest BCUT2D eigenvalue weighted by molar-refractivity contribution is 0.0474. The predicted octanol–water partition coefficient (Wildman–Crippen LogP) is 4.22. The van der Waals surface area contributed by atoms with Gasteiger partial charge in [0.15, 0.2) is 0 Å². The summed E-state index contributed by atoms with van der Waals surface area (Å²) in [6.45, 7) is 1.88. The Morgan fingerprint density at radius 1 is 0.639 bits per heavy atom. The number of hydrogen-bond acceptors (Lipinski definition) is 10. The molecular formula is C25H25BrO10. The van der Waals surface area contributed by atoms with E-state index in [1.165, 1.54) is 12.1 Å². The van der Waals surface area contributed by atoms with Crippen molar-refractivity contribution in [2.24, 2.45) is 0 Å². The van der Waals surface area contributed by atoms with Gasteiger partial charge in [-0.1, -0.05) is 41.4 Å². The van der Waals surface area contributed by atoms with E-state index in [0.717, 1.165) is 28.4 Å². The van der Waals surface area contributed by atoms with Gasteiger partial charge in [-0.15, -0.1) is 0 Å². The first kappa shape index (κ1) is 28.5. The molecule has 0 N–H and O–H groups in total. The maximum absolute atomic E-state index is 13.4. The molecule has 0 bridgehead atoms. The maximum Gasteiger partial charge on any atom is 0.339 e. The molecule has 0 amide bonds. The molecular weight excluding hydrogens is 540 g/mol. The number of esters is 5. The fourth-order valence-electron chi connectivity index (χ4n) is 3.47. The molecule has 11 heteroatoms.